The van der Waals surface area contributed by atoms with E-state index in [0.29, 0.717) is 47.1 Å². The van der Waals surface area contributed by atoms with Crippen molar-refractivity contribution in [3.8, 4) is 22.9 Å². The van der Waals surface area contributed by atoms with Gasteiger partial charge in [-0.3, -0.25) is 4.40 Å². The van der Waals surface area contributed by atoms with Crippen molar-refractivity contribution in [2.75, 3.05) is 34.0 Å². The van der Waals surface area contributed by atoms with E-state index in [4.69, 9.17) is 19.2 Å². The second-order valence-corrected chi connectivity index (χ2v) is 6.73. The lowest BCUT2D eigenvalue weighted by Crippen LogP contribution is -2.06. The van der Waals surface area contributed by atoms with Crippen LogP contribution in [-0.2, 0) is 4.74 Å². The molecule has 4 rings (SSSR count). The van der Waals surface area contributed by atoms with Gasteiger partial charge in [0.15, 0.2) is 0 Å². The lowest BCUT2D eigenvalue weighted by molar-refractivity contribution is 0.0967. The Bertz CT molecular complexity index is 1170. The van der Waals surface area contributed by atoms with E-state index in [1.165, 1.54) is 0 Å². The number of fused-ring (bicyclic) bond motifs is 2. The third-order valence-corrected chi connectivity index (χ3v) is 4.89. The number of methoxy groups -OCH3 is 2. The molecule has 0 aliphatic heterocycles. The Hall–Kier alpha value is -3.20. The van der Waals surface area contributed by atoms with Crippen LogP contribution in [0.5, 0.6) is 11.5 Å². The van der Waals surface area contributed by atoms with Crippen molar-refractivity contribution in [2.45, 2.75) is 6.10 Å². The molecule has 2 N–H and O–H groups in total. The molecule has 0 bridgehead atoms. The molecule has 0 saturated heterocycles. The summed E-state index contributed by atoms with van der Waals surface area (Å²) in [5, 5.41) is 20.7. The Morgan fingerprint density at radius 2 is 2.00 bits per heavy atom. The summed E-state index contributed by atoms with van der Waals surface area (Å²) in [5.41, 5.74) is 3.23. The van der Waals surface area contributed by atoms with Gasteiger partial charge in [-0.05, 0) is 23.8 Å². The third-order valence-electron chi connectivity index (χ3n) is 4.89. The van der Waals surface area contributed by atoms with Crippen molar-refractivity contribution >= 4 is 16.6 Å². The number of aromatic nitrogens is 3. The van der Waals surface area contributed by atoms with Gasteiger partial charge in [-0.2, -0.15) is 0 Å². The second kappa shape index (κ2) is 8.66. The summed E-state index contributed by atoms with van der Waals surface area (Å²) in [4.78, 5) is 9.24. The van der Waals surface area contributed by atoms with Crippen LogP contribution >= 0.6 is 0 Å². The minimum atomic E-state index is -1.04. The van der Waals surface area contributed by atoms with Crippen LogP contribution in [0.3, 0.4) is 0 Å². The van der Waals surface area contributed by atoms with Crippen LogP contribution in [0.4, 0.5) is 0 Å². The average molecular weight is 409 g/mol. The summed E-state index contributed by atoms with van der Waals surface area (Å²) >= 11 is 0. The number of hydrogen-bond donors (Lipinski definition) is 2. The number of para-hydroxylation sites is 1. The van der Waals surface area contributed by atoms with Crippen molar-refractivity contribution in [1.29, 1.82) is 0 Å². The van der Waals surface area contributed by atoms with Crippen LogP contribution < -0.4 is 9.47 Å². The van der Waals surface area contributed by atoms with Gasteiger partial charge in [0.25, 0.3) is 0 Å². The molecule has 0 fully saturated rings. The molecule has 1 unspecified atom stereocenters. The van der Waals surface area contributed by atoms with Gasteiger partial charge in [-0.1, -0.05) is 12.1 Å². The van der Waals surface area contributed by atoms with E-state index in [-0.39, 0.29) is 0 Å². The second-order valence-electron chi connectivity index (χ2n) is 6.73. The van der Waals surface area contributed by atoms with Crippen LogP contribution in [0.25, 0.3) is 27.9 Å². The van der Waals surface area contributed by atoms with Gasteiger partial charge in [0, 0.05) is 24.8 Å². The summed E-state index contributed by atoms with van der Waals surface area (Å²) in [6.45, 7) is 0.559. The number of aliphatic hydroxyl groups is 2. The molecule has 1 aromatic carbocycles. The smallest absolute Gasteiger partial charge is 0.145 e. The van der Waals surface area contributed by atoms with Crippen LogP contribution in [0.2, 0.25) is 0 Å². The van der Waals surface area contributed by atoms with Crippen molar-refractivity contribution in [1.82, 2.24) is 14.4 Å². The largest absolute Gasteiger partial charge is 0.494 e. The van der Waals surface area contributed by atoms with Crippen LogP contribution in [0, 0.1) is 0 Å². The van der Waals surface area contributed by atoms with Gasteiger partial charge in [0.2, 0.25) is 0 Å². The number of ether oxygens (including phenoxy) is 3. The van der Waals surface area contributed by atoms with E-state index in [1.54, 1.807) is 26.5 Å². The van der Waals surface area contributed by atoms with Gasteiger partial charge >= 0.3 is 0 Å². The van der Waals surface area contributed by atoms with Crippen LogP contribution in [-0.4, -0.2) is 58.6 Å². The fraction of sp³-hybridized carbons (Fsp3) is 0.273. The maximum Gasteiger partial charge on any atom is 0.145 e. The molecule has 8 heteroatoms. The summed E-state index contributed by atoms with van der Waals surface area (Å²) in [6, 6.07) is 10.9. The monoisotopic (exact) mass is 409 g/mol. The molecule has 0 aliphatic rings. The molecule has 0 saturated carbocycles. The Morgan fingerprint density at radius 3 is 2.77 bits per heavy atom. The number of imidazole rings is 1. The predicted molar refractivity (Wildman–Crippen MR) is 112 cm³/mol. The normalized spacial score (nSPS) is 12.4. The van der Waals surface area contributed by atoms with E-state index < -0.39 is 12.7 Å². The zero-order chi connectivity index (χ0) is 21.1. The van der Waals surface area contributed by atoms with E-state index >= 15 is 0 Å². The fourth-order valence-corrected chi connectivity index (χ4v) is 3.40. The van der Waals surface area contributed by atoms with Crippen LogP contribution in [0.1, 0.15) is 11.7 Å². The van der Waals surface area contributed by atoms with Gasteiger partial charge in [-0.15, -0.1) is 0 Å². The van der Waals surface area contributed by atoms with Gasteiger partial charge in [-0.25, -0.2) is 9.97 Å². The number of hydrogen-bond acceptors (Lipinski definition) is 7. The molecule has 156 valence electrons. The molecule has 4 aromatic rings. The first-order chi connectivity index (χ1) is 14.7. The Kier molecular flexibility index (Phi) is 5.80. The maximum absolute atomic E-state index is 10.4. The van der Waals surface area contributed by atoms with Gasteiger partial charge in [0.05, 0.1) is 37.9 Å². The molecule has 1 atom stereocenters. The Balaban J connectivity index is 1.83. The first-order valence-corrected chi connectivity index (χ1v) is 9.52. The first-order valence-electron chi connectivity index (χ1n) is 9.52. The zero-order valence-corrected chi connectivity index (χ0v) is 16.8. The topological polar surface area (TPSA) is 98.3 Å². The minimum Gasteiger partial charge on any atom is -0.494 e. The summed E-state index contributed by atoms with van der Waals surface area (Å²) in [6.07, 6.45) is 2.53. The molecular weight excluding hydrogens is 386 g/mol. The SMILES string of the molecule is COCCOc1ccn2c(-c3cc(C(O)CO)c4cccc(OC)c4n3)cnc2c1. The van der Waals surface area contributed by atoms with Crippen molar-refractivity contribution < 1.29 is 24.4 Å². The van der Waals surface area contributed by atoms with E-state index in [1.807, 2.05) is 40.9 Å². The molecule has 30 heavy (non-hydrogen) atoms. The molecule has 8 nitrogen and oxygen atoms in total. The molecule has 0 radical (unpaired) electrons. The molecule has 3 heterocycles. The van der Waals surface area contributed by atoms with Crippen molar-refractivity contribution in [3.05, 3.63) is 54.4 Å². The molecular formula is C22H23N3O5. The number of nitrogens with zero attached hydrogens (tertiary/aromatic N) is 3. The van der Waals surface area contributed by atoms with Crippen molar-refractivity contribution in [2.24, 2.45) is 0 Å². The highest BCUT2D eigenvalue weighted by Gasteiger charge is 2.18. The standard InChI is InChI=1S/C22H23N3O5/c1-28-8-9-30-14-6-7-25-18(12-23-21(25)10-14)17-11-16(19(27)13-26)15-4-3-5-20(29-2)22(15)24-17/h3-7,10-12,19,26-27H,8-9,13H2,1-2H3. The first kappa shape index (κ1) is 20.1. The molecule has 0 amide bonds. The highest BCUT2D eigenvalue weighted by Crippen LogP contribution is 2.33. The number of aliphatic hydroxyl groups excluding tert-OH is 2. The fourth-order valence-electron chi connectivity index (χ4n) is 3.40. The van der Waals surface area contributed by atoms with E-state index in [9.17, 15) is 10.2 Å². The third kappa shape index (κ3) is 3.68. The van der Waals surface area contributed by atoms with Gasteiger partial charge in [0.1, 0.15) is 35.4 Å². The minimum absolute atomic E-state index is 0.398. The highest BCUT2D eigenvalue weighted by atomic mass is 16.5. The quantitative estimate of drug-likeness (QED) is 0.432. The summed E-state index contributed by atoms with van der Waals surface area (Å²) < 4.78 is 18.0. The number of rotatable bonds is 8. The zero-order valence-electron chi connectivity index (χ0n) is 16.8. The van der Waals surface area contributed by atoms with E-state index in [0.717, 1.165) is 11.1 Å². The summed E-state index contributed by atoms with van der Waals surface area (Å²) in [7, 11) is 3.20. The Morgan fingerprint density at radius 1 is 1.13 bits per heavy atom. The van der Waals surface area contributed by atoms with Crippen molar-refractivity contribution in [3.63, 3.8) is 0 Å². The van der Waals surface area contributed by atoms with E-state index in [2.05, 4.69) is 4.98 Å². The molecule has 3 aromatic heterocycles. The Labute approximate surface area is 173 Å². The molecule has 0 aliphatic carbocycles. The van der Waals surface area contributed by atoms with Gasteiger partial charge < -0.3 is 24.4 Å². The molecule has 0 spiro atoms. The number of pyridine rings is 2. The van der Waals surface area contributed by atoms with Crippen LogP contribution in [0.15, 0.2) is 48.8 Å². The average Bonchev–Trinajstić information content (AvgIpc) is 3.20. The predicted octanol–water partition coefficient (Wildman–Crippen LogP) is 2.61. The lowest BCUT2D eigenvalue weighted by Gasteiger charge is -2.15. The number of benzene rings is 1. The highest BCUT2D eigenvalue weighted by molar-refractivity contribution is 5.90. The summed E-state index contributed by atoms with van der Waals surface area (Å²) in [5.74, 6) is 1.28. The lowest BCUT2D eigenvalue weighted by atomic mass is 10.0. The maximum atomic E-state index is 10.4.